The summed E-state index contributed by atoms with van der Waals surface area (Å²) >= 11 is 4.22. The number of hydrogen-bond acceptors (Lipinski definition) is 6. The second-order valence-corrected chi connectivity index (χ2v) is 8.30. The van der Waals surface area contributed by atoms with E-state index < -0.39 is 24.0 Å². The second-order valence-electron chi connectivity index (χ2n) is 7.82. The number of carbonyl (C=O) groups is 2. The average Bonchev–Trinajstić information content (AvgIpc) is 2.80. The van der Waals surface area contributed by atoms with Gasteiger partial charge in [0.1, 0.15) is 23.8 Å². The maximum absolute atomic E-state index is 13.3. The summed E-state index contributed by atoms with van der Waals surface area (Å²) in [5.74, 6) is -0.0472. The highest BCUT2D eigenvalue weighted by Gasteiger charge is 2.32. The van der Waals surface area contributed by atoms with Crippen LogP contribution in [0.1, 0.15) is 37.3 Å². The summed E-state index contributed by atoms with van der Waals surface area (Å²) in [6.07, 6.45) is 2.77. The summed E-state index contributed by atoms with van der Waals surface area (Å²) in [6.45, 7) is 2.99. The number of hydrogen-bond donors (Lipinski definition) is 4. The summed E-state index contributed by atoms with van der Waals surface area (Å²) < 4.78 is 0. The van der Waals surface area contributed by atoms with Crippen LogP contribution >= 0.6 is 12.6 Å². The maximum Gasteiger partial charge on any atom is 0.326 e. The standard InChI is InChI=1S/C25H30N2O5S/c1-2-3-7-14-27(16-19-8-5-4-6-9-19)23(22(33)17-28)24(30)26-21(25(31)32)15-18-10-12-20(29)13-11-18/h4-6,8-13,21,23,29,33H,2-3,7,14-16H2,1H3,(H,26,30)(H,31,32). The molecule has 0 fully saturated rings. The lowest BCUT2D eigenvalue weighted by Gasteiger charge is -2.31. The van der Waals surface area contributed by atoms with E-state index in [9.17, 15) is 24.6 Å². The van der Waals surface area contributed by atoms with Gasteiger partial charge in [-0.05, 0) is 36.2 Å². The molecule has 2 atom stereocenters. The number of rotatable bonds is 13. The van der Waals surface area contributed by atoms with Crippen LogP contribution in [-0.4, -0.2) is 51.6 Å². The number of nitrogens with one attached hydrogen (secondary N) is 1. The van der Waals surface area contributed by atoms with Gasteiger partial charge in [-0.3, -0.25) is 9.69 Å². The number of aromatic hydroxyl groups is 1. The zero-order valence-corrected chi connectivity index (χ0v) is 19.5. The van der Waals surface area contributed by atoms with E-state index in [1.54, 1.807) is 18.1 Å². The Morgan fingerprint density at radius 2 is 1.73 bits per heavy atom. The molecule has 0 aromatic heterocycles. The SMILES string of the molecule is CCCCCN(Cc1ccccc1)C(C(=O)NC(Cc1ccc(O)cc1)C(=O)O)C(S)=C=O. The van der Waals surface area contributed by atoms with Gasteiger partial charge in [-0.15, -0.1) is 12.6 Å². The van der Waals surface area contributed by atoms with Gasteiger partial charge in [0.05, 0.1) is 4.91 Å². The second kappa shape index (κ2) is 13.5. The number of carboxylic acid groups (broad SMARTS) is 1. The predicted molar refractivity (Wildman–Crippen MR) is 130 cm³/mol. The van der Waals surface area contributed by atoms with E-state index in [4.69, 9.17) is 0 Å². The smallest absolute Gasteiger partial charge is 0.326 e. The number of nitrogens with zero attached hydrogens (tertiary/aromatic N) is 1. The van der Waals surface area contributed by atoms with Crippen LogP contribution in [0.3, 0.4) is 0 Å². The van der Waals surface area contributed by atoms with E-state index >= 15 is 0 Å². The van der Waals surface area contributed by atoms with Crippen molar-refractivity contribution >= 4 is 30.4 Å². The lowest BCUT2D eigenvalue weighted by atomic mass is 10.0. The van der Waals surface area contributed by atoms with Gasteiger partial charge in [0.25, 0.3) is 0 Å². The first-order valence-electron chi connectivity index (χ1n) is 10.9. The number of amides is 1. The third-order valence-electron chi connectivity index (χ3n) is 5.25. The van der Waals surface area contributed by atoms with Crippen LogP contribution < -0.4 is 5.32 Å². The summed E-state index contributed by atoms with van der Waals surface area (Å²) in [7, 11) is 0. The molecule has 0 saturated heterocycles. The Balaban J connectivity index is 2.27. The highest BCUT2D eigenvalue weighted by Crippen LogP contribution is 2.19. The van der Waals surface area contributed by atoms with E-state index in [-0.39, 0.29) is 17.1 Å². The molecule has 0 heterocycles. The summed E-state index contributed by atoms with van der Waals surface area (Å²) in [4.78, 5) is 38.3. The van der Waals surface area contributed by atoms with Crippen molar-refractivity contribution in [1.29, 1.82) is 0 Å². The molecule has 0 aliphatic heterocycles. The molecule has 0 aliphatic rings. The van der Waals surface area contributed by atoms with E-state index in [0.29, 0.717) is 18.7 Å². The third-order valence-corrected chi connectivity index (χ3v) is 5.58. The van der Waals surface area contributed by atoms with Crippen molar-refractivity contribution in [3.63, 3.8) is 0 Å². The minimum absolute atomic E-state index is 0.0231. The molecular formula is C25H30N2O5S. The molecule has 7 nitrogen and oxygen atoms in total. The number of unbranched alkanes of at least 4 members (excludes halogenated alkanes) is 2. The first-order chi connectivity index (χ1) is 15.8. The number of aliphatic carboxylic acids is 1. The fourth-order valence-electron chi connectivity index (χ4n) is 3.52. The van der Waals surface area contributed by atoms with Crippen LogP contribution in [0.15, 0.2) is 59.5 Å². The van der Waals surface area contributed by atoms with Gasteiger partial charge in [-0.2, -0.15) is 0 Å². The Labute approximate surface area is 199 Å². The molecule has 8 heteroatoms. The molecule has 2 unspecified atom stereocenters. The van der Waals surface area contributed by atoms with Gasteiger partial charge in [-0.25, -0.2) is 9.59 Å². The quantitative estimate of drug-likeness (QED) is 0.203. The molecule has 2 aromatic carbocycles. The first-order valence-corrected chi connectivity index (χ1v) is 11.3. The number of thiol groups is 1. The molecule has 3 N–H and O–H groups in total. The van der Waals surface area contributed by atoms with E-state index in [1.165, 1.54) is 12.1 Å². The topological polar surface area (TPSA) is 107 Å². The fraction of sp³-hybridized carbons (Fsp3) is 0.360. The first kappa shape index (κ1) is 26.2. The lowest BCUT2D eigenvalue weighted by molar-refractivity contribution is -0.142. The van der Waals surface area contributed by atoms with Crippen molar-refractivity contribution in [2.24, 2.45) is 0 Å². The van der Waals surface area contributed by atoms with Gasteiger partial charge in [-0.1, -0.05) is 62.2 Å². The third kappa shape index (κ3) is 8.42. The van der Waals surface area contributed by atoms with Gasteiger partial charge in [0.15, 0.2) is 0 Å². The molecule has 33 heavy (non-hydrogen) atoms. The molecule has 2 aromatic rings. The Morgan fingerprint density at radius 3 is 2.30 bits per heavy atom. The monoisotopic (exact) mass is 470 g/mol. The minimum Gasteiger partial charge on any atom is -0.508 e. The molecule has 0 aliphatic carbocycles. The lowest BCUT2D eigenvalue weighted by Crippen LogP contribution is -2.52. The summed E-state index contributed by atoms with van der Waals surface area (Å²) in [5, 5.41) is 21.7. The van der Waals surface area contributed by atoms with E-state index in [2.05, 4.69) is 24.9 Å². The number of phenols is 1. The molecule has 0 spiro atoms. The molecular weight excluding hydrogens is 440 g/mol. The van der Waals surface area contributed by atoms with Crippen LogP contribution in [0.2, 0.25) is 0 Å². The van der Waals surface area contributed by atoms with Crippen molar-refractivity contribution in [3.8, 4) is 5.75 Å². The number of benzene rings is 2. The Bertz CT molecular complexity index is 959. The van der Waals surface area contributed by atoms with Crippen molar-refractivity contribution in [1.82, 2.24) is 10.2 Å². The summed E-state index contributed by atoms with van der Waals surface area (Å²) in [6, 6.07) is 13.3. The predicted octanol–water partition coefficient (Wildman–Crippen LogP) is 3.21. The van der Waals surface area contributed by atoms with Crippen LogP contribution in [-0.2, 0) is 27.3 Å². The Kier molecular flexibility index (Phi) is 10.7. The van der Waals surface area contributed by atoms with Gasteiger partial charge < -0.3 is 15.5 Å². The van der Waals surface area contributed by atoms with Crippen LogP contribution in [0.25, 0.3) is 0 Å². The van der Waals surface area contributed by atoms with Crippen molar-refractivity contribution < 1.29 is 24.6 Å². The van der Waals surface area contributed by atoms with Gasteiger partial charge in [0.2, 0.25) is 5.91 Å². The molecule has 0 radical (unpaired) electrons. The Morgan fingerprint density at radius 1 is 1.06 bits per heavy atom. The highest BCUT2D eigenvalue weighted by molar-refractivity contribution is 7.85. The van der Waals surface area contributed by atoms with Gasteiger partial charge >= 0.3 is 5.97 Å². The molecule has 2 rings (SSSR count). The minimum atomic E-state index is -1.22. The van der Waals surface area contributed by atoms with Crippen molar-refractivity contribution in [2.75, 3.05) is 6.54 Å². The zero-order chi connectivity index (χ0) is 24.2. The molecule has 0 bridgehead atoms. The summed E-state index contributed by atoms with van der Waals surface area (Å²) in [5.41, 5.74) is 1.59. The normalized spacial score (nSPS) is 12.6. The van der Waals surface area contributed by atoms with Gasteiger partial charge in [0, 0.05) is 13.0 Å². The maximum atomic E-state index is 13.3. The van der Waals surface area contributed by atoms with E-state index in [0.717, 1.165) is 24.8 Å². The molecule has 1 amide bonds. The number of carboxylic acids is 1. The Hall–Kier alpha value is -3.06. The largest absolute Gasteiger partial charge is 0.508 e. The average molecular weight is 471 g/mol. The fourth-order valence-corrected chi connectivity index (χ4v) is 3.80. The molecule has 0 saturated carbocycles. The van der Waals surface area contributed by atoms with Crippen LogP contribution in [0.4, 0.5) is 0 Å². The van der Waals surface area contributed by atoms with Crippen LogP contribution in [0, 0.1) is 0 Å². The van der Waals surface area contributed by atoms with Crippen LogP contribution in [0.5, 0.6) is 5.75 Å². The number of phenolic OH excluding ortho intramolecular Hbond substituents is 1. The number of carbonyl (C=O) groups excluding carboxylic acids is 2. The highest BCUT2D eigenvalue weighted by atomic mass is 32.1. The van der Waals surface area contributed by atoms with E-state index in [1.807, 2.05) is 35.2 Å². The van der Waals surface area contributed by atoms with Crippen molar-refractivity contribution in [2.45, 2.75) is 51.2 Å². The molecule has 176 valence electrons. The van der Waals surface area contributed by atoms with Crippen molar-refractivity contribution in [3.05, 3.63) is 70.6 Å². The zero-order valence-electron chi connectivity index (χ0n) is 18.6.